The van der Waals surface area contributed by atoms with Gasteiger partial charge in [-0.15, -0.1) is 0 Å². The number of aryl methyl sites for hydroxylation is 1. The van der Waals surface area contributed by atoms with E-state index >= 15 is 0 Å². The molecule has 2 rings (SSSR count). The summed E-state index contributed by atoms with van der Waals surface area (Å²) in [7, 11) is -1.06. The van der Waals surface area contributed by atoms with Crippen molar-refractivity contribution in [2.45, 2.75) is 11.8 Å². The fourth-order valence-electron chi connectivity index (χ4n) is 2.18. The van der Waals surface area contributed by atoms with Gasteiger partial charge in [-0.2, -0.15) is 0 Å². The first kappa shape index (κ1) is 19.6. The molecule has 0 saturated carbocycles. The number of nitrogens with one attached hydrogen (secondary N) is 2. The summed E-state index contributed by atoms with van der Waals surface area (Å²) in [4.78, 5) is 11.9. The number of benzene rings is 2. The van der Waals surface area contributed by atoms with Crippen LogP contribution in [0.15, 0.2) is 47.4 Å². The Morgan fingerprint density at radius 3 is 2.54 bits per heavy atom. The highest BCUT2D eigenvalue weighted by Crippen LogP contribution is 2.25. The van der Waals surface area contributed by atoms with E-state index in [1.165, 1.54) is 50.6 Å². The number of sulfonamides is 1. The Morgan fingerprint density at radius 1 is 1.19 bits per heavy atom. The van der Waals surface area contributed by atoms with Crippen molar-refractivity contribution in [1.29, 1.82) is 0 Å². The second-order valence-electron chi connectivity index (χ2n) is 5.42. The highest BCUT2D eigenvalue weighted by atomic mass is 32.2. The largest absolute Gasteiger partial charge is 0.495 e. The Morgan fingerprint density at radius 2 is 1.92 bits per heavy atom. The molecule has 0 bridgehead atoms. The fraction of sp³-hybridized carbons (Fsp3) is 0.167. The minimum absolute atomic E-state index is 0.0466. The first-order chi connectivity index (χ1) is 12.3. The molecule has 0 saturated heterocycles. The van der Waals surface area contributed by atoms with E-state index in [0.717, 1.165) is 5.56 Å². The van der Waals surface area contributed by atoms with E-state index in [9.17, 15) is 17.6 Å². The SMILES string of the molecule is CNS(=O)(=O)c1cc(/C=C/C(=O)Nc2ccc(C)cc2F)ccc1OC. The molecule has 2 aromatic carbocycles. The van der Waals surface area contributed by atoms with Gasteiger partial charge in [-0.1, -0.05) is 12.1 Å². The van der Waals surface area contributed by atoms with Gasteiger partial charge in [0.1, 0.15) is 16.5 Å². The normalized spacial score (nSPS) is 11.5. The van der Waals surface area contributed by atoms with Crippen molar-refractivity contribution in [2.75, 3.05) is 19.5 Å². The van der Waals surface area contributed by atoms with Crippen molar-refractivity contribution in [3.8, 4) is 5.75 Å². The summed E-state index contributed by atoms with van der Waals surface area (Å²) in [5.41, 5.74) is 1.28. The average Bonchev–Trinajstić information content (AvgIpc) is 2.62. The molecule has 0 aliphatic rings. The Bertz CT molecular complexity index is 956. The lowest BCUT2D eigenvalue weighted by Crippen LogP contribution is -2.19. The quantitative estimate of drug-likeness (QED) is 0.757. The number of methoxy groups -OCH3 is 1. The smallest absolute Gasteiger partial charge is 0.248 e. The molecule has 1 amide bonds. The third-order valence-electron chi connectivity index (χ3n) is 3.56. The standard InChI is InChI=1S/C18H19FN2O4S/c1-12-4-7-15(14(19)10-12)21-18(22)9-6-13-5-8-16(25-3)17(11-13)26(23,24)20-2/h4-11,20H,1-3H3,(H,21,22)/b9-6+. The van der Waals surface area contributed by atoms with Crippen LogP contribution in [0.2, 0.25) is 0 Å². The molecular weight excluding hydrogens is 359 g/mol. The van der Waals surface area contributed by atoms with Gasteiger partial charge in [-0.25, -0.2) is 17.5 Å². The molecule has 26 heavy (non-hydrogen) atoms. The summed E-state index contributed by atoms with van der Waals surface area (Å²) >= 11 is 0. The first-order valence-corrected chi connectivity index (χ1v) is 9.12. The molecule has 0 fully saturated rings. The summed E-state index contributed by atoms with van der Waals surface area (Å²) in [6, 6.07) is 8.94. The Kier molecular flexibility index (Phi) is 6.12. The third-order valence-corrected chi connectivity index (χ3v) is 4.99. The number of carbonyl (C=O) groups excluding carboxylic acids is 1. The summed E-state index contributed by atoms with van der Waals surface area (Å²) in [6.07, 6.45) is 2.62. The summed E-state index contributed by atoms with van der Waals surface area (Å²) in [6.45, 7) is 1.75. The van der Waals surface area contributed by atoms with Crippen LogP contribution in [-0.2, 0) is 14.8 Å². The number of halogens is 1. The number of hydrogen-bond acceptors (Lipinski definition) is 4. The predicted octanol–water partition coefficient (Wildman–Crippen LogP) is 2.70. The van der Waals surface area contributed by atoms with Gasteiger partial charge in [0, 0.05) is 6.08 Å². The zero-order valence-electron chi connectivity index (χ0n) is 14.5. The van der Waals surface area contributed by atoms with Gasteiger partial charge >= 0.3 is 0 Å². The van der Waals surface area contributed by atoms with Gasteiger partial charge < -0.3 is 10.1 Å². The lowest BCUT2D eigenvalue weighted by Gasteiger charge is -2.09. The molecule has 138 valence electrons. The number of carbonyl (C=O) groups is 1. The van der Waals surface area contributed by atoms with Crippen LogP contribution in [0.25, 0.3) is 6.08 Å². The van der Waals surface area contributed by atoms with Crippen molar-refractivity contribution in [3.05, 3.63) is 59.4 Å². The number of amides is 1. The van der Waals surface area contributed by atoms with E-state index in [-0.39, 0.29) is 16.3 Å². The Labute approximate surface area is 151 Å². The minimum Gasteiger partial charge on any atom is -0.495 e. The molecule has 0 atom stereocenters. The van der Waals surface area contributed by atoms with E-state index in [1.54, 1.807) is 19.1 Å². The van der Waals surface area contributed by atoms with E-state index in [1.807, 2.05) is 0 Å². The summed E-state index contributed by atoms with van der Waals surface area (Å²) in [5, 5.41) is 2.43. The van der Waals surface area contributed by atoms with Gasteiger partial charge in [0.25, 0.3) is 0 Å². The molecule has 0 heterocycles. The van der Waals surface area contributed by atoms with Crippen LogP contribution in [0.1, 0.15) is 11.1 Å². The van der Waals surface area contributed by atoms with Crippen molar-refractivity contribution in [1.82, 2.24) is 4.72 Å². The molecule has 0 spiro atoms. The second kappa shape index (κ2) is 8.11. The number of ether oxygens (including phenoxy) is 1. The summed E-state index contributed by atoms with van der Waals surface area (Å²) < 4.78 is 45.1. The zero-order chi connectivity index (χ0) is 19.3. The highest BCUT2D eigenvalue weighted by Gasteiger charge is 2.17. The van der Waals surface area contributed by atoms with Crippen molar-refractivity contribution in [3.63, 3.8) is 0 Å². The fourth-order valence-corrected chi connectivity index (χ4v) is 3.11. The molecule has 6 nitrogen and oxygen atoms in total. The second-order valence-corrected chi connectivity index (χ2v) is 7.28. The first-order valence-electron chi connectivity index (χ1n) is 7.63. The van der Waals surface area contributed by atoms with Crippen LogP contribution in [0.3, 0.4) is 0 Å². The Hall–Kier alpha value is -2.71. The number of rotatable bonds is 6. The van der Waals surface area contributed by atoms with Crippen LogP contribution >= 0.6 is 0 Å². The molecule has 0 unspecified atom stereocenters. The molecular formula is C18H19FN2O4S. The van der Waals surface area contributed by atoms with Gasteiger partial charge in [-0.05, 0) is 55.4 Å². The van der Waals surface area contributed by atoms with Gasteiger partial charge in [0.05, 0.1) is 12.8 Å². The van der Waals surface area contributed by atoms with Crippen LogP contribution in [0.4, 0.5) is 10.1 Å². The average molecular weight is 378 g/mol. The monoisotopic (exact) mass is 378 g/mol. The van der Waals surface area contributed by atoms with Gasteiger partial charge in [0.15, 0.2) is 0 Å². The van der Waals surface area contributed by atoms with Crippen molar-refractivity contribution >= 4 is 27.7 Å². The van der Waals surface area contributed by atoms with Crippen molar-refractivity contribution < 1.29 is 22.3 Å². The molecule has 0 radical (unpaired) electrons. The van der Waals surface area contributed by atoms with Gasteiger partial charge in [-0.3, -0.25) is 4.79 Å². The number of anilines is 1. The number of hydrogen-bond donors (Lipinski definition) is 2. The van der Waals surface area contributed by atoms with E-state index in [0.29, 0.717) is 5.56 Å². The maximum absolute atomic E-state index is 13.8. The molecule has 8 heteroatoms. The minimum atomic E-state index is -3.72. The molecule has 0 aliphatic carbocycles. The third kappa shape index (κ3) is 4.68. The molecule has 0 aliphatic heterocycles. The molecule has 2 aromatic rings. The zero-order valence-corrected chi connectivity index (χ0v) is 15.4. The maximum Gasteiger partial charge on any atom is 0.248 e. The Balaban J connectivity index is 2.22. The van der Waals surface area contributed by atoms with Crippen LogP contribution in [-0.4, -0.2) is 28.5 Å². The predicted molar refractivity (Wildman–Crippen MR) is 98.0 cm³/mol. The maximum atomic E-state index is 13.8. The summed E-state index contributed by atoms with van der Waals surface area (Å²) in [5.74, 6) is -0.886. The van der Waals surface area contributed by atoms with Crippen LogP contribution in [0.5, 0.6) is 5.75 Å². The van der Waals surface area contributed by atoms with E-state index in [2.05, 4.69) is 10.0 Å². The lowest BCUT2D eigenvalue weighted by atomic mass is 10.2. The van der Waals surface area contributed by atoms with Crippen LogP contribution < -0.4 is 14.8 Å². The van der Waals surface area contributed by atoms with E-state index < -0.39 is 21.7 Å². The molecule has 0 aromatic heterocycles. The lowest BCUT2D eigenvalue weighted by molar-refractivity contribution is -0.111. The van der Waals surface area contributed by atoms with Crippen molar-refractivity contribution in [2.24, 2.45) is 0 Å². The molecule has 2 N–H and O–H groups in total. The highest BCUT2D eigenvalue weighted by molar-refractivity contribution is 7.89. The van der Waals surface area contributed by atoms with E-state index in [4.69, 9.17) is 4.74 Å². The van der Waals surface area contributed by atoms with Gasteiger partial charge in [0.2, 0.25) is 15.9 Å². The topological polar surface area (TPSA) is 84.5 Å². The van der Waals surface area contributed by atoms with Crippen LogP contribution in [0, 0.1) is 12.7 Å².